The van der Waals surface area contributed by atoms with Crippen molar-refractivity contribution in [2.24, 2.45) is 5.73 Å². The number of urea groups is 1. The SMILES string of the molecule is Cc1ccc2c(c1Oc1cccc(F)c1)N(C)C(=O)[C@H](NC(N)=O)C2. The smallest absolute Gasteiger partial charge is 0.312 e. The minimum Gasteiger partial charge on any atom is -0.455 e. The van der Waals surface area contributed by atoms with Gasteiger partial charge in [-0.05, 0) is 30.2 Å². The molecule has 2 aromatic rings. The molecular formula is C18H18FN3O3. The zero-order valence-electron chi connectivity index (χ0n) is 13.9. The van der Waals surface area contributed by atoms with Gasteiger partial charge in [0.2, 0.25) is 5.91 Å². The lowest BCUT2D eigenvalue weighted by Gasteiger charge is -2.33. The Balaban J connectivity index is 2.02. The van der Waals surface area contributed by atoms with E-state index in [1.165, 1.54) is 17.0 Å². The maximum Gasteiger partial charge on any atom is 0.312 e. The Labute approximate surface area is 144 Å². The van der Waals surface area contributed by atoms with E-state index in [4.69, 9.17) is 10.5 Å². The molecule has 2 aromatic carbocycles. The number of nitrogens with zero attached hydrogens (tertiary/aromatic N) is 1. The summed E-state index contributed by atoms with van der Waals surface area (Å²) in [5.41, 5.74) is 7.39. The van der Waals surface area contributed by atoms with E-state index in [9.17, 15) is 14.0 Å². The first-order valence-electron chi connectivity index (χ1n) is 7.76. The number of likely N-dealkylation sites (N-methyl/N-ethyl adjacent to an activating group) is 1. The lowest BCUT2D eigenvalue weighted by Crippen LogP contribution is -2.53. The van der Waals surface area contributed by atoms with Crippen LogP contribution in [0.5, 0.6) is 11.5 Å². The van der Waals surface area contributed by atoms with Crippen LogP contribution in [0.4, 0.5) is 14.9 Å². The van der Waals surface area contributed by atoms with Gasteiger partial charge < -0.3 is 20.7 Å². The van der Waals surface area contributed by atoms with Crippen LogP contribution in [0, 0.1) is 12.7 Å². The summed E-state index contributed by atoms with van der Waals surface area (Å²) in [6, 6.07) is 8.07. The molecule has 0 saturated carbocycles. The quantitative estimate of drug-likeness (QED) is 0.898. The van der Waals surface area contributed by atoms with Gasteiger partial charge in [0.15, 0.2) is 5.75 Å². The summed E-state index contributed by atoms with van der Waals surface area (Å²) in [6.45, 7) is 1.85. The number of benzene rings is 2. The van der Waals surface area contributed by atoms with Crippen LogP contribution in [-0.2, 0) is 11.2 Å². The van der Waals surface area contributed by atoms with Crippen LogP contribution in [0.1, 0.15) is 11.1 Å². The predicted octanol–water partition coefficient (Wildman–Crippen LogP) is 2.48. The minimum atomic E-state index is -0.751. The van der Waals surface area contributed by atoms with Crippen molar-refractivity contribution in [1.82, 2.24) is 5.32 Å². The van der Waals surface area contributed by atoms with E-state index in [1.54, 1.807) is 19.2 Å². The Morgan fingerprint density at radius 2 is 2.12 bits per heavy atom. The number of aryl methyl sites for hydroxylation is 1. The number of amides is 3. The van der Waals surface area contributed by atoms with Gasteiger partial charge >= 0.3 is 6.03 Å². The van der Waals surface area contributed by atoms with Crippen LogP contribution >= 0.6 is 0 Å². The van der Waals surface area contributed by atoms with Crippen LogP contribution in [0.2, 0.25) is 0 Å². The molecule has 0 aliphatic carbocycles. The van der Waals surface area contributed by atoms with Gasteiger partial charge in [0.25, 0.3) is 0 Å². The molecule has 0 bridgehead atoms. The molecule has 1 atom stereocenters. The van der Waals surface area contributed by atoms with Crippen LogP contribution in [0.25, 0.3) is 0 Å². The molecule has 0 aromatic heterocycles. The van der Waals surface area contributed by atoms with E-state index in [0.717, 1.165) is 11.1 Å². The highest BCUT2D eigenvalue weighted by molar-refractivity contribution is 6.03. The standard InChI is InChI=1S/C18H18FN3O3/c1-10-6-7-11-8-14(21-18(20)24)17(23)22(2)15(11)16(10)25-13-5-3-4-12(19)9-13/h3-7,9,14H,8H2,1-2H3,(H3,20,21,24)/t14-/m1/s1. The van der Waals surface area contributed by atoms with E-state index >= 15 is 0 Å². The number of ether oxygens (including phenoxy) is 1. The summed E-state index contributed by atoms with van der Waals surface area (Å²) in [5, 5.41) is 2.45. The van der Waals surface area contributed by atoms with Crippen LogP contribution in [0.15, 0.2) is 36.4 Å². The highest BCUT2D eigenvalue weighted by Gasteiger charge is 2.34. The van der Waals surface area contributed by atoms with E-state index in [-0.39, 0.29) is 5.91 Å². The molecule has 1 aliphatic heterocycles. The minimum absolute atomic E-state index is 0.291. The van der Waals surface area contributed by atoms with Gasteiger partial charge in [-0.2, -0.15) is 0 Å². The first kappa shape index (κ1) is 16.8. The van der Waals surface area contributed by atoms with E-state index in [2.05, 4.69) is 5.32 Å². The van der Waals surface area contributed by atoms with Crippen LogP contribution in [-0.4, -0.2) is 25.0 Å². The molecule has 1 heterocycles. The molecule has 0 unspecified atom stereocenters. The molecule has 6 nitrogen and oxygen atoms in total. The monoisotopic (exact) mass is 343 g/mol. The number of carbonyl (C=O) groups excluding carboxylic acids is 2. The van der Waals surface area contributed by atoms with Crippen molar-refractivity contribution >= 4 is 17.6 Å². The Morgan fingerprint density at radius 3 is 2.80 bits per heavy atom. The molecule has 3 N–H and O–H groups in total. The number of carbonyl (C=O) groups is 2. The average Bonchev–Trinajstić information content (AvgIpc) is 2.54. The number of anilines is 1. The van der Waals surface area contributed by atoms with Crippen LogP contribution < -0.4 is 20.7 Å². The van der Waals surface area contributed by atoms with E-state index in [1.807, 2.05) is 19.1 Å². The summed E-state index contributed by atoms with van der Waals surface area (Å²) in [7, 11) is 1.61. The third-order valence-electron chi connectivity index (χ3n) is 4.13. The van der Waals surface area contributed by atoms with Crippen LogP contribution in [0.3, 0.4) is 0 Å². The lowest BCUT2D eigenvalue weighted by atomic mass is 9.95. The topological polar surface area (TPSA) is 84.7 Å². The lowest BCUT2D eigenvalue weighted by molar-refractivity contribution is -0.120. The number of fused-ring (bicyclic) bond motifs is 1. The number of nitrogens with one attached hydrogen (secondary N) is 1. The molecule has 0 saturated heterocycles. The molecule has 130 valence electrons. The first-order chi connectivity index (χ1) is 11.9. The predicted molar refractivity (Wildman–Crippen MR) is 91.3 cm³/mol. The van der Waals surface area contributed by atoms with Crippen molar-refractivity contribution < 1.29 is 18.7 Å². The summed E-state index contributed by atoms with van der Waals surface area (Å²) < 4.78 is 19.3. The van der Waals surface area contributed by atoms with Crippen molar-refractivity contribution in [3.63, 3.8) is 0 Å². The summed E-state index contributed by atoms with van der Waals surface area (Å²) in [5.74, 6) is 0.127. The van der Waals surface area contributed by atoms with Gasteiger partial charge in [0.1, 0.15) is 17.6 Å². The van der Waals surface area contributed by atoms with Gasteiger partial charge in [-0.1, -0.05) is 18.2 Å². The Morgan fingerprint density at radius 1 is 1.36 bits per heavy atom. The highest BCUT2D eigenvalue weighted by atomic mass is 19.1. The van der Waals surface area contributed by atoms with Crippen molar-refractivity contribution in [1.29, 1.82) is 0 Å². The maximum absolute atomic E-state index is 13.4. The molecule has 7 heteroatoms. The molecular weight excluding hydrogens is 325 g/mol. The van der Waals surface area contributed by atoms with Crippen molar-refractivity contribution in [2.75, 3.05) is 11.9 Å². The molecule has 3 rings (SSSR count). The highest BCUT2D eigenvalue weighted by Crippen LogP contribution is 2.41. The largest absolute Gasteiger partial charge is 0.455 e. The number of hydrogen-bond donors (Lipinski definition) is 2. The van der Waals surface area contributed by atoms with E-state index in [0.29, 0.717) is 23.6 Å². The Bertz CT molecular complexity index is 853. The van der Waals surface area contributed by atoms with Gasteiger partial charge in [-0.15, -0.1) is 0 Å². The number of primary amides is 1. The van der Waals surface area contributed by atoms with Crippen molar-refractivity contribution in [2.45, 2.75) is 19.4 Å². The molecule has 25 heavy (non-hydrogen) atoms. The van der Waals surface area contributed by atoms with Gasteiger partial charge in [0, 0.05) is 19.5 Å². The second kappa shape index (κ2) is 6.43. The number of rotatable bonds is 3. The average molecular weight is 343 g/mol. The molecule has 1 aliphatic rings. The third-order valence-corrected chi connectivity index (χ3v) is 4.13. The normalized spacial score (nSPS) is 16.4. The fourth-order valence-corrected chi connectivity index (χ4v) is 2.96. The summed E-state index contributed by atoms with van der Waals surface area (Å²) in [6.07, 6.45) is 0.307. The van der Waals surface area contributed by atoms with Gasteiger partial charge in [-0.25, -0.2) is 9.18 Å². The maximum atomic E-state index is 13.4. The fourth-order valence-electron chi connectivity index (χ4n) is 2.96. The number of halogens is 1. The Kier molecular flexibility index (Phi) is 4.31. The molecule has 3 amide bonds. The van der Waals surface area contributed by atoms with Crippen molar-refractivity contribution in [3.8, 4) is 11.5 Å². The Hall–Kier alpha value is -3.09. The molecule has 0 spiro atoms. The zero-order chi connectivity index (χ0) is 18.1. The third kappa shape index (κ3) is 3.26. The molecule has 0 fully saturated rings. The number of nitrogens with two attached hydrogens (primary N) is 1. The summed E-state index contributed by atoms with van der Waals surface area (Å²) in [4.78, 5) is 25.1. The van der Waals surface area contributed by atoms with Crippen molar-refractivity contribution in [3.05, 3.63) is 53.3 Å². The van der Waals surface area contributed by atoms with Gasteiger partial charge in [0.05, 0.1) is 5.69 Å². The van der Waals surface area contributed by atoms with Gasteiger partial charge in [-0.3, -0.25) is 4.79 Å². The molecule has 0 radical (unpaired) electrons. The fraction of sp³-hybridized carbons (Fsp3) is 0.222. The summed E-state index contributed by atoms with van der Waals surface area (Å²) >= 11 is 0. The second-order valence-corrected chi connectivity index (χ2v) is 5.94. The zero-order valence-corrected chi connectivity index (χ0v) is 13.9. The first-order valence-corrected chi connectivity index (χ1v) is 7.76. The van der Waals surface area contributed by atoms with E-state index < -0.39 is 17.9 Å². The number of hydrogen-bond acceptors (Lipinski definition) is 3. The second-order valence-electron chi connectivity index (χ2n) is 5.94.